The molecule has 0 amide bonds. The molecule has 1 aromatic carbocycles. The molecule has 1 atom stereocenters. The van der Waals surface area contributed by atoms with Gasteiger partial charge in [0.2, 0.25) is 0 Å². The molecule has 180 valence electrons. The van der Waals surface area contributed by atoms with E-state index in [-0.39, 0.29) is 28.6 Å². The van der Waals surface area contributed by atoms with Gasteiger partial charge in [-0.3, -0.25) is 0 Å². The fourth-order valence-electron chi connectivity index (χ4n) is 4.17. The third-order valence-corrected chi connectivity index (χ3v) is 8.67. The molecule has 0 fully saturated rings. The molecule has 0 bridgehead atoms. The standard InChI is InChI=1S/C26H35NO4S2/c1-15(2)26(9-8-21-17(4)27-14-32-21)12-20(29)23(24(30)31-26)33-22-10-16(3)18(13-28)11-19(22)25(5,6)7/h10-11,14-15,28-29H,8-9,12-13H2,1-7H3. The third-order valence-electron chi connectivity index (χ3n) is 6.51. The van der Waals surface area contributed by atoms with E-state index in [9.17, 15) is 15.0 Å². The summed E-state index contributed by atoms with van der Waals surface area (Å²) in [7, 11) is 0. The van der Waals surface area contributed by atoms with E-state index in [0.717, 1.165) is 33.7 Å². The van der Waals surface area contributed by atoms with Gasteiger partial charge in [0, 0.05) is 16.2 Å². The van der Waals surface area contributed by atoms with Crippen molar-refractivity contribution in [1.29, 1.82) is 0 Å². The maximum Gasteiger partial charge on any atom is 0.349 e. The minimum atomic E-state index is -0.745. The van der Waals surface area contributed by atoms with Gasteiger partial charge in [0.25, 0.3) is 0 Å². The summed E-state index contributed by atoms with van der Waals surface area (Å²) in [6.45, 7) is 14.3. The molecule has 0 saturated heterocycles. The zero-order valence-corrected chi connectivity index (χ0v) is 22.2. The molecule has 5 nitrogen and oxygen atoms in total. The second kappa shape index (κ2) is 9.80. The summed E-state index contributed by atoms with van der Waals surface area (Å²) >= 11 is 2.88. The van der Waals surface area contributed by atoms with Crippen LogP contribution in [0.2, 0.25) is 0 Å². The highest BCUT2D eigenvalue weighted by Gasteiger charge is 2.44. The van der Waals surface area contributed by atoms with Crippen LogP contribution in [0.25, 0.3) is 0 Å². The lowest BCUT2D eigenvalue weighted by Crippen LogP contribution is -2.44. The van der Waals surface area contributed by atoms with Crippen molar-refractivity contribution in [2.75, 3.05) is 0 Å². The molecular formula is C26H35NO4S2. The summed E-state index contributed by atoms with van der Waals surface area (Å²) in [5.74, 6) is -0.323. The Morgan fingerprint density at radius 2 is 1.97 bits per heavy atom. The Bertz CT molecular complexity index is 1060. The lowest BCUT2D eigenvalue weighted by Gasteiger charge is -2.40. The van der Waals surface area contributed by atoms with Crippen LogP contribution in [0.15, 0.2) is 33.2 Å². The van der Waals surface area contributed by atoms with Gasteiger partial charge in [-0.05, 0) is 60.8 Å². The monoisotopic (exact) mass is 489 g/mol. The fraction of sp³-hybridized carbons (Fsp3) is 0.538. The topological polar surface area (TPSA) is 79.7 Å². The number of carbonyl (C=O) groups excluding carboxylic acids is 1. The number of hydrogen-bond donors (Lipinski definition) is 2. The minimum absolute atomic E-state index is 0.0357. The number of carbonyl (C=O) groups is 1. The van der Waals surface area contributed by atoms with E-state index in [4.69, 9.17) is 4.74 Å². The Kier molecular flexibility index (Phi) is 7.66. The van der Waals surface area contributed by atoms with Crippen molar-refractivity contribution in [2.45, 2.75) is 90.2 Å². The van der Waals surface area contributed by atoms with Crippen molar-refractivity contribution in [2.24, 2.45) is 5.92 Å². The molecule has 1 unspecified atom stereocenters. The average Bonchev–Trinajstić information content (AvgIpc) is 3.13. The zero-order chi connectivity index (χ0) is 24.6. The molecule has 7 heteroatoms. The molecule has 1 aliphatic heterocycles. The van der Waals surface area contributed by atoms with Crippen LogP contribution < -0.4 is 0 Å². The highest BCUT2D eigenvalue weighted by Crippen LogP contribution is 2.45. The second-order valence-electron chi connectivity index (χ2n) is 10.2. The molecule has 2 N–H and O–H groups in total. The number of hydrogen-bond acceptors (Lipinski definition) is 7. The van der Waals surface area contributed by atoms with E-state index in [1.165, 1.54) is 16.6 Å². The average molecular weight is 490 g/mol. The predicted molar refractivity (Wildman–Crippen MR) is 135 cm³/mol. The van der Waals surface area contributed by atoms with Gasteiger partial charge in [-0.15, -0.1) is 11.3 Å². The number of nitrogens with zero attached hydrogens (tertiary/aromatic N) is 1. The molecule has 1 aliphatic rings. The molecule has 2 heterocycles. The number of rotatable bonds is 7. The van der Waals surface area contributed by atoms with Crippen molar-refractivity contribution in [1.82, 2.24) is 4.98 Å². The lowest BCUT2D eigenvalue weighted by atomic mass is 9.80. The van der Waals surface area contributed by atoms with Crippen molar-refractivity contribution in [3.05, 3.63) is 55.6 Å². The van der Waals surface area contributed by atoms with Gasteiger partial charge in [-0.1, -0.05) is 52.4 Å². The van der Waals surface area contributed by atoms with Crippen molar-refractivity contribution >= 4 is 29.1 Å². The molecule has 0 aliphatic carbocycles. The van der Waals surface area contributed by atoms with Gasteiger partial charge in [0.05, 0.1) is 17.8 Å². The van der Waals surface area contributed by atoms with Crippen LogP contribution in [0.3, 0.4) is 0 Å². The van der Waals surface area contributed by atoms with Crippen LogP contribution in [-0.2, 0) is 28.0 Å². The SMILES string of the molecule is Cc1cc(SC2=C(O)CC(CCc3scnc3C)(C(C)C)OC2=O)c(C(C)(C)C)cc1CO. The van der Waals surface area contributed by atoms with Gasteiger partial charge < -0.3 is 14.9 Å². The van der Waals surface area contributed by atoms with E-state index in [0.29, 0.717) is 12.8 Å². The number of thiazole rings is 1. The van der Waals surface area contributed by atoms with E-state index in [2.05, 4.69) is 25.8 Å². The number of cyclic esters (lactones) is 1. The Hall–Kier alpha value is -1.83. The molecule has 2 aromatic rings. The van der Waals surface area contributed by atoms with Crippen LogP contribution in [0.1, 0.15) is 74.7 Å². The Labute approximate surface area is 205 Å². The number of esters is 1. The summed E-state index contributed by atoms with van der Waals surface area (Å²) in [6, 6.07) is 3.99. The summed E-state index contributed by atoms with van der Waals surface area (Å²) in [6.07, 6.45) is 1.70. The molecule has 0 radical (unpaired) electrons. The molecule has 0 spiro atoms. The number of thioether (sulfide) groups is 1. The molecule has 33 heavy (non-hydrogen) atoms. The summed E-state index contributed by atoms with van der Waals surface area (Å²) in [4.78, 5) is 19.9. The van der Waals surface area contributed by atoms with E-state index >= 15 is 0 Å². The van der Waals surface area contributed by atoms with Crippen LogP contribution in [-0.4, -0.2) is 26.8 Å². The van der Waals surface area contributed by atoms with Crippen LogP contribution >= 0.6 is 23.1 Å². The Morgan fingerprint density at radius 3 is 2.48 bits per heavy atom. The normalized spacial score (nSPS) is 19.4. The smallest absolute Gasteiger partial charge is 0.349 e. The summed E-state index contributed by atoms with van der Waals surface area (Å²) in [5.41, 5.74) is 4.75. The number of aromatic nitrogens is 1. The Balaban J connectivity index is 1.93. The first-order valence-electron chi connectivity index (χ1n) is 11.3. The minimum Gasteiger partial charge on any atom is -0.511 e. The quantitative estimate of drug-likeness (QED) is 0.439. The zero-order valence-electron chi connectivity index (χ0n) is 20.6. The molecule has 1 aromatic heterocycles. The second-order valence-corrected chi connectivity index (χ2v) is 12.2. The highest BCUT2D eigenvalue weighted by molar-refractivity contribution is 8.04. The van der Waals surface area contributed by atoms with Crippen LogP contribution in [0.5, 0.6) is 0 Å². The lowest BCUT2D eigenvalue weighted by molar-refractivity contribution is -0.164. The fourth-order valence-corrected chi connectivity index (χ4v) is 6.19. The van der Waals surface area contributed by atoms with E-state index in [1.807, 2.05) is 45.3 Å². The van der Waals surface area contributed by atoms with E-state index < -0.39 is 11.6 Å². The first-order chi connectivity index (χ1) is 15.4. The van der Waals surface area contributed by atoms with Gasteiger partial charge >= 0.3 is 5.97 Å². The number of benzene rings is 1. The van der Waals surface area contributed by atoms with E-state index in [1.54, 1.807) is 11.3 Å². The number of aryl methyl sites for hydroxylation is 3. The van der Waals surface area contributed by atoms with Crippen molar-refractivity contribution < 1.29 is 19.7 Å². The summed E-state index contributed by atoms with van der Waals surface area (Å²) in [5, 5.41) is 20.8. The van der Waals surface area contributed by atoms with Gasteiger partial charge in [0.1, 0.15) is 16.3 Å². The largest absolute Gasteiger partial charge is 0.511 e. The number of aliphatic hydroxyl groups excluding tert-OH is 2. The maximum atomic E-state index is 13.2. The van der Waals surface area contributed by atoms with Gasteiger partial charge in [-0.2, -0.15) is 0 Å². The first kappa shape index (κ1) is 25.8. The predicted octanol–water partition coefficient (Wildman–Crippen LogP) is 6.39. The third kappa shape index (κ3) is 5.47. The van der Waals surface area contributed by atoms with Crippen molar-refractivity contribution in [3.63, 3.8) is 0 Å². The van der Waals surface area contributed by atoms with Crippen LogP contribution in [0, 0.1) is 19.8 Å². The van der Waals surface area contributed by atoms with Gasteiger partial charge in [-0.25, -0.2) is 9.78 Å². The van der Waals surface area contributed by atoms with Gasteiger partial charge in [0.15, 0.2) is 0 Å². The number of ether oxygens (including phenoxy) is 1. The Morgan fingerprint density at radius 1 is 1.27 bits per heavy atom. The van der Waals surface area contributed by atoms with Crippen LogP contribution in [0.4, 0.5) is 0 Å². The number of aliphatic hydroxyl groups is 2. The molecule has 3 rings (SSSR count). The summed E-state index contributed by atoms with van der Waals surface area (Å²) < 4.78 is 6.10. The molecular weight excluding hydrogens is 454 g/mol. The maximum absolute atomic E-state index is 13.2. The first-order valence-corrected chi connectivity index (χ1v) is 13.0. The van der Waals surface area contributed by atoms with Crippen molar-refractivity contribution in [3.8, 4) is 0 Å². The highest BCUT2D eigenvalue weighted by atomic mass is 32.2. The molecule has 0 saturated carbocycles.